The normalized spacial score (nSPS) is 19.8. The Morgan fingerprint density at radius 3 is 3.06 bits per heavy atom. The van der Waals surface area contributed by atoms with Crippen LogP contribution < -0.4 is 10.6 Å². The number of hydrogen-bond donors (Lipinski definition) is 2. The van der Waals surface area contributed by atoms with Gasteiger partial charge in [0.2, 0.25) is 0 Å². The number of hydrogen-bond acceptors (Lipinski definition) is 3. The fraction of sp³-hybridized carbons (Fsp3) is 0.692. The van der Waals surface area contributed by atoms with Crippen LogP contribution in [-0.2, 0) is 13.5 Å². The summed E-state index contributed by atoms with van der Waals surface area (Å²) in [5, 5.41) is 10.7. The fourth-order valence-corrected chi connectivity index (χ4v) is 2.32. The molecule has 1 saturated heterocycles. The number of carbonyl (C=O) groups excluding carboxylic acids is 1. The van der Waals surface area contributed by atoms with Gasteiger partial charge in [0.05, 0.1) is 5.69 Å². The zero-order valence-corrected chi connectivity index (χ0v) is 11.2. The summed E-state index contributed by atoms with van der Waals surface area (Å²) in [5.74, 6) is -0.0305. The highest BCUT2D eigenvalue weighted by Gasteiger charge is 2.16. The van der Waals surface area contributed by atoms with Crippen LogP contribution in [0.5, 0.6) is 0 Å². The SMILES string of the molecule is CCc1cc(C(=O)NCC2CCCCN2)n(C)n1. The topological polar surface area (TPSA) is 59.0 Å². The monoisotopic (exact) mass is 250 g/mol. The molecule has 5 nitrogen and oxygen atoms in total. The number of amides is 1. The molecule has 2 N–H and O–H groups in total. The second-order valence-electron chi connectivity index (χ2n) is 4.85. The van der Waals surface area contributed by atoms with Crippen molar-refractivity contribution < 1.29 is 4.79 Å². The molecule has 0 saturated carbocycles. The molecular weight excluding hydrogens is 228 g/mol. The summed E-state index contributed by atoms with van der Waals surface area (Å²) in [7, 11) is 1.81. The lowest BCUT2D eigenvalue weighted by molar-refractivity contribution is 0.0938. The minimum absolute atomic E-state index is 0.0305. The first-order chi connectivity index (χ1) is 8.70. The second kappa shape index (κ2) is 6.00. The van der Waals surface area contributed by atoms with Gasteiger partial charge < -0.3 is 10.6 Å². The Balaban J connectivity index is 1.88. The van der Waals surface area contributed by atoms with Crippen molar-refractivity contribution in [3.63, 3.8) is 0 Å². The molecule has 2 rings (SSSR count). The van der Waals surface area contributed by atoms with Crippen molar-refractivity contribution >= 4 is 5.91 Å². The van der Waals surface area contributed by atoms with E-state index in [4.69, 9.17) is 0 Å². The molecular formula is C13H22N4O. The van der Waals surface area contributed by atoms with Crippen LogP contribution in [0.3, 0.4) is 0 Å². The van der Waals surface area contributed by atoms with Crippen molar-refractivity contribution in [2.75, 3.05) is 13.1 Å². The van der Waals surface area contributed by atoms with E-state index in [1.54, 1.807) is 4.68 Å². The highest BCUT2D eigenvalue weighted by Crippen LogP contribution is 2.07. The number of nitrogens with zero attached hydrogens (tertiary/aromatic N) is 2. The van der Waals surface area contributed by atoms with E-state index in [0.29, 0.717) is 18.3 Å². The number of rotatable bonds is 4. The number of aryl methyl sites for hydroxylation is 2. The van der Waals surface area contributed by atoms with Gasteiger partial charge in [0.1, 0.15) is 5.69 Å². The Labute approximate surface area is 108 Å². The van der Waals surface area contributed by atoms with Gasteiger partial charge >= 0.3 is 0 Å². The van der Waals surface area contributed by atoms with Gasteiger partial charge in [-0.05, 0) is 31.9 Å². The summed E-state index contributed by atoms with van der Waals surface area (Å²) < 4.78 is 1.66. The lowest BCUT2D eigenvalue weighted by atomic mass is 10.1. The van der Waals surface area contributed by atoms with Gasteiger partial charge in [-0.2, -0.15) is 5.10 Å². The highest BCUT2D eigenvalue weighted by molar-refractivity contribution is 5.92. The van der Waals surface area contributed by atoms with Crippen LogP contribution in [0, 0.1) is 0 Å². The van der Waals surface area contributed by atoms with Gasteiger partial charge in [-0.1, -0.05) is 13.3 Å². The highest BCUT2D eigenvalue weighted by atomic mass is 16.2. The fourth-order valence-electron chi connectivity index (χ4n) is 2.32. The smallest absolute Gasteiger partial charge is 0.269 e. The lowest BCUT2D eigenvalue weighted by Crippen LogP contribution is -2.43. The van der Waals surface area contributed by atoms with E-state index in [9.17, 15) is 4.79 Å². The molecule has 2 heterocycles. The predicted octanol–water partition coefficient (Wildman–Crippen LogP) is 0.854. The van der Waals surface area contributed by atoms with Crippen molar-refractivity contribution in [2.45, 2.75) is 38.6 Å². The third kappa shape index (κ3) is 3.10. The van der Waals surface area contributed by atoms with Crippen LogP contribution in [0.15, 0.2) is 6.07 Å². The van der Waals surface area contributed by atoms with Gasteiger partial charge in [0.15, 0.2) is 0 Å². The maximum absolute atomic E-state index is 12.0. The second-order valence-corrected chi connectivity index (χ2v) is 4.85. The van der Waals surface area contributed by atoms with Crippen molar-refractivity contribution in [2.24, 2.45) is 7.05 Å². The van der Waals surface area contributed by atoms with E-state index in [1.807, 2.05) is 20.0 Å². The van der Waals surface area contributed by atoms with Gasteiger partial charge in [0.25, 0.3) is 5.91 Å². The summed E-state index contributed by atoms with van der Waals surface area (Å²) >= 11 is 0. The van der Waals surface area contributed by atoms with Gasteiger partial charge in [0, 0.05) is 19.6 Å². The maximum atomic E-state index is 12.0. The molecule has 1 aliphatic heterocycles. The molecule has 1 atom stereocenters. The first kappa shape index (κ1) is 13.1. The van der Waals surface area contributed by atoms with E-state index in [0.717, 1.165) is 25.1 Å². The van der Waals surface area contributed by atoms with E-state index in [1.165, 1.54) is 12.8 Å². The van der Waals surface area contributed by atoms with E-state index < -0.39 is 0 Å². The third-order valence-electron chi connectivity index (χ3n) is 3.45. The number of carbonyl (C=O) groups is 1. The molecule has 1 aliphatic rings. The molecule has 1 amide bonds. The summed E-state index contributed by atoms with van der Waals surface area (Å²) in [4.78, 5) is 12.0. The third-order valence-corrected chi connectivity index (χ3v) is 3.45. The zero-order chi connectivity index (χ0) is 13.0. The lowest BCUT2D eigenvalue weighted by Gasteiger charge is -2.23. The minimum atomic E-state index is -0.0305. The van der Waals surface area contributed by atoms with Gasteiger partial charge in [-0.3, -0.25) is 9.48 Å². The number of nitrogens with one attached hydrogen (secondary N) is 2. The van der Waals surface area contributed by atoms with Crippen molar-refractivity contribution in [1.82, 2.24) is 20.4 Å². The molecule has 100 valence electrons. The van der Waals surface area contributed by atoms with E-state index >= 15 is 0 Å². The van der Waals surface area contributed by atoms with Crippen LogP contribution in [0.1, 0.15) is 42.4 Å². The first-order valence-electron chi connectivity index (χ1n) is 6.75. The minimum Gasteiger partial charge on any atom is -0.349 e. The average Bonchev–Trinajstić information content (AvgIpc) is 2.78. The Morgan fingerprint density at radius 2 is 2.44 bits per heavy atom. The standard InChI is InChI=1S/C13H22N4O/c1-3-10-8-12(17(2)16-10)13(18)15-9-11-6-4-5-7-14-11/h8,11,14H,3-7,9H2,1-2H3,(H,15,18). The van der Waals surface area contributed by atoms with Crippen LogP contribution in [0.25, 0.3) is 0 Å². The molecule has 1 fully saturated rings. The molecule has 0 bridgehead atoms. The summed E-state index contributed by atoms with van der Waals surface area (Å²) in [6, 6.07) is 2.28. The number of aromatic nitrogens is 2. The van der Waals surface area contributed by atoms with Crippen molar-refractivity contribution in [3.8, 4) is 0 Å². The molecule has 5 heteroatoms. The van der Waals surface area contributed by atoms with Crippen LogP contribution in [-0.4, -0.2) is 34.8 Å². The Kier molecular flexibility index (Phi) is 4.36. The van der Waals surface area contributed by atoms with E-state index in [2.05, 4.69) is 15.7 Å². The largest absolute Gasteiger partial charge is 0.349 e. The quantitative estimate of drug-likeness (QED) is 0.833. The molecule has 1 aromatic heterocycles. The van der Waals surface area contributed by atoms with Crippen LogP contribution >= 0.6 is 0 Å². The summed E-state index contributed by atoms with van der Waals surface area (Å²) in [5.41, 5.74) is 1.60. The predicted molar refractivity (Wildman–Crippen MR) is 70.6 cm³/mol. The molecule has 0 aromatic carbocycles. The molecule has 1 unspecified atom stereocenters. The summed E-state index contributed by atoms with van der Waals surface area (Å²) in [6.07, 6.45) is 4.49. The Morgan fingerprint density at radius 1 is 1.61 bits per heavy atom. The number of piperidine rings is 1. The van der Waals surface area contributed by atoms with Gasteiger partial charge in [-0.15, -0.1) is 0 Å². The average molecular weight is 250 g/mol. The molecule has 1 aromatic rings. The Bertz CT molecular complexity index is 407. The zero-order valence-electron chi connectivity index (χ0n) is 11.2. The Hall–Kier alpha value is -1.36. The van der Waals surface area contributed by atoms with Crippen LogP contribution in [0.4, 0.5) is 0 Å². The van der Waals surface area contributed by atoms with Gasteiger partial charge in [-0.25, -0.2) is 0 Å². The maximum Gasteiger partial charge on any atom is 0.269 e. The van der Waals surface area contributed by atoms with Crippen molar-refractivity contribution in [3.05, 3.63) is 17.5 Å². The summed E-state index contributed by atoms with van der Waals surface area (Å²) in [6.45, 7) is 3.80. The first-order valence-corrected chi connectivity index (χ1v) is 6.75. The van der Waals surface area contributed by atoms with E-state index in [-0.39, 0.29) is 5.91 Å². The molecule has 18 heavy (non-hydrogen) atoms. The van der Waals surface area contributed by atoms with Crippen LogP contribution in [0.2, 0.25) is 0 Å². The van der Waals surface area contributed by atoms with Crippen molar-refractivity contribution in [1.29, 1.82) is 0 Å². The molecule has 0 radical (unpaired) electrons. The molecule has 0 aliphatic carbocycles. The molecule has 0 spiro atoms.